The van der Waals surface area contributed by atoms with Crippen LogP contribution in [0.3, 0.4) is 0 Å². The molecule has 0 unspecified atom stereocenters. The van der Waals surface area contributed by atoms with Crippen LogP contribution < -0.4 is 0 Å². The van der Waals surface area contributed by atoms with Gasteiger partial charge in [0.15, 0.2) is 6.61 Å². The number of rotatable bonds is 5. The summed E-state index contributed by atoms with van der Waals surface area (Å²) in [6.07, 6.45) is -2.52. The van der Waals surface area contributed by atoms with Crippen molar-refractivity contribution in [2.24, 2.45) is 0 Å². The fourth-order valence-corrected chi connectivity index (χ4v) is 0.306. The van der Waals surface area contributed by atoms with E-state index in [1.807, 2.05) is 0 Å². The Morgan fingerprint density at radius 1 is 1.14 bits per heavy atom. The van der Waals surface area contributed by atoms with Crippen molar-refractivity contribution in [3.05, 3.63) is 0 Å². The molecule has 76 valence electrons. The zero-order valence-corrected chi connectivity index (χ0v) is 6.45. The van der Waals surface area contributed by atoms with Gasteiger partial charge in [-0.25, -0.2) is 9.69 Å². The van der Waals surface area contributed by atoms with Gasteiger partial charge in [-0.05, 0) is 0 Å². The van der Waals surface area contributed by atoms with Gasteiger partial charge in [0.05, 0.1) is 0 Å². The monoisotopic (exact) mass is 210 g/mol. The van der Waals surface area contributed by atoms with E-state index in [0.29, 0.717) is 0 Å². The third kappa shape index (κ3) is 7.03. The van der Waals surface area contributed by atoms with Gasteiger partial charge < -0.3 is 9.31 Å². The number of nitrogens with zero attached hydrogens (tertiary/aromatic N) is 2. The molecule has 0 saturated carbocycles. The molecule has 14 heavy (non-hydrogen) atoms. The lowest BCUT2D eigenvalue weighted by Crippen LogP contribution is -2.27. The molecule has 0 aliphatic heterocycles. The number of alkyl halides is 3. The van der Waals surface area contributed by atoms with Gasteiger partial charge in [-0.2, -0.15) is 23.7 Å². The summed E-state index contributed by atoms with van der Waals surface area (Å²) in [5.74, 6) is 0. The van der Waals surface area contributed by atoms with Crippen molar-refractivity contribution < 1.29 is 32.2 Å². The molecule has 0 amide bonds. The Labute approximate surface area is 76.4 Å². The van der Waals surface area contributed by atoms with Gasteiger partial charge in [0, 0.05) is 0 Å². The summed E-state index contributed by atoms with van der Waals surface area (Å²) in [6, 6.07) is 0. The maximum Gasteiger partial charge on any atom is 0.837 e. The first kappa shape index (κ1) is 12.4. The van der Waals surface area contributed by atoms with E-state index in [1.165, 1.54) is 0 Å². The Morgan fingerprint density at radius 2 is 1.64 bits per heavy atom. The van der Waals surface area contributed by atoms with Gasteiger partial charge in [-0.15, -0.1) is 0 Å². The van der Waals surface area contributed by atoms with Crippen LogP contribution in [0, 0.1) is 23.0 Å². The Hall–Kier alpha value is -1.65. The van der Waals surface area contributed by atoms with Crippen LogP contribution in [0.2, 0.25) is 0 Å². The number of hydrogen-bond donors (Lipinski definition) is 0. The van der Waals surface area contributed by atoms with E-state index in [9.17, 15) is 13.2 Å². The summed E-state index contributed by atoms with van der Waals surface area (Å²) in [6.45, 7) is -1.72. The summed E-state index contributed by atoms with van der Waals surface area (Å²) in [5, 5.41) is 15.8. The maximum absolute atomic E-state index is 11.5. The van der Waals surface area contributed by atoms with E-state index in [2.05, 4.69) is 19.0 Å². The minimum atomic E-state index is -4.59. The van der Waals surface area contributed by atoms with E-state index in [1.54, 1.807) is 0 Å². The summed E-state index contributed by atoms with van der Waals surface area (Å²) >= 11 is 0. The number of halogens is 3. The Balaban J connectivity index is 3.73. The van der Waals surface area contributed by atoms with Gasteiger partial charge in [-0.1, -0.05) is 0 Å². The predicted octanol–water partition coefficient (Wildman–Crippen LogP) is 0.477. The Bertz CT molecular complexity index is 230. The molecule has 0 aromatic carbocycles. The molecule has 0 rings (SSSR count). The van der Waals surface area contributed by atoms with Crippen molar-refractivity contribution in [2.75, 3.05) is 6.61 Å². The molecule has 0 saturated heterocycles. The van der Waals surface area contributed by atoms with E-state index in [4.69, 9.17) is 10.5 Å². The second-order valence-corrected chi connectivity index (χ2v) is 1.68. The van der Waals surface area contributed by atoms with Crippen molar-refractivity contribution in [3.63, 3.8) is 0 Å². The van der Waals surface area contributed by atoms with Gasteiger partial charge in [0.1, 0.15) is 0 Å². The molecule has 0 atom stereocenters. The molecule has 10 heteroatoms. The lowest BCUT2D eigenvalue weighted by atomic mass is 10.2. The fraction of sp³-hybridized carbons (Fsp3) is 0.500. The van der Waals surface area contributed by atoms with Gasteiger partial charge in [-0.3, -0.25) is 0 Å². The minimum Gasteiger partial charge on any atom is -0.429 e. The van der Waals surface area contributed by atoms with Crippen molar-refractivity contribution in [1.82, 2.24) is 0 Å². The number of nitriles is 2. The largest absolute Gasteiger partial charge is 0.837 e. The minimum absolute atomic E-state index is 1.04. The SMILES string of the molecule is N#COB(OC#N)OOCC(F)(F)F. The lowest BCUT2D eigenvalue weighted by Gasteiger charge is -2.07. The average Bonchev–Trinajstić information content (AvgIpc) is 2.02. The van der Waals surface area contributed by atoms with Crippen LogP contribution in [-0.2, 0) is 19.0 Å². The summed E-state index contributed by atoms with van der Waals surface area (Å²) in [4.78, 5) is 7.38. The maximum atomic E-state index is 11.5. The second-order valence-electron chi connectivity index (χ2n) is 1.68. The van der Waals surface area contributed by atoms with Crippen LogP contribution in [-0.4, -0.2) is 20.1 Å². The van der Waals surface area contributed by atoms with E-state index < -0.39 is 20.1 Å². The lowest BCUT2D eigenvalue weighted by molar-refractivity contribution is -0.298. The molecule has 0 aromatic heterocycles. The molecule has 0 fully saturated rings. The first-order valence-corrected chi connectivity index (χ1v) is 2.94. The topological polar surface area (TPSA) is 84.5 Å². The van der Waals surface area contributed by atoms with Crippen LogP contribution in [0.5, 0.6) is 0 Å². The zero-order valence-electron chi connectivity index (χ0n) is 6.45. The molecule has 0 heterocycles. The third-order valence-corrected chi connectivity index (χ3v) is 0.667. The third-order valence-electron chi connectivity index (χ3n) is 0.667. The second kappa shape index (κ2) is 5.91. The quantitative estimate of drug-likeness (QED) is 0.284. The zero-order chi connectivity index (χ0) is 11.0. The molecular weight excluding hydrogens is 208 g/mol. The average molecular weight is 210 g/mol. The summed E-state index contributed by atoms with van der Waals surface area (Å²) in [7, 11) is -1.94. The van der Waals surface area contributed by atoms with Crippen LogP contribution in [0.15, 0.2) is 0 Å². The van der Waals surface area contributed by atoms with Crippen molar-refractivity contribution in [1.29, 1.82) is 10.5 Å². The van der Waals surface area contributed by atoms with Gasteiger partial charge in [0.2, 0.25) is 0 Å². The van der Waals surface area contributed by atoms with E-state index in [0.717, 1.165) is 12.5 Å². The van der Waals surface area contributed by atoms with Crippen LogP contribution in [0.4, 0.5) is 13.2 Å². The first-order valence-electron chi connectivity index (χ1n) is 2.94. The molecule has 0 aromatic rings. The fourth-order valence-electron chi connectivity index (χ4n) is 0.306. The highest BCUT2D eigenvalue weighted by Gasteiger charge is 2.33. The normalized spacial score (nSPS) is 9.79. The highest BCUT2D eigenvalue weighted by Crippen LogP contribution is 2.14. The van der Waals surface area contributed by atoms with Gasteiger partial charge in [0.25, 0.3) is 12.5 Å². The highest BCUT2D eigenvalue weighted by molar-refractivity contribution is 6.36. The highest BCUT2D eigenvalue weighted by atomic mass is 19.4. The first-order chi connectivity index (χ1) is 6.49. The molecule has 0 bridgehead atoms. The molecule has 0 radical (unpaired) electrons. The van der Waals surface area contributed by atoms with Crippen LogP contribution in [0.25, 0.3) is 0 Å². The van der Waals surface area contributed by atoms with E-state index in [-0.39, 0.29) is 0 Å². The molecule has 6 nitrogen and oxygen atoms in total. The van der Waals surface area contributed by atoms with Crippen LogP contribution in [0.1, 0.15) is 0 Å². The van der Waals surface area contributed by atoms with E-state index >= 15 is 0 Å². The molecule has 0 spiro atoms. The molecule has 0 N–H and O–H groups in total. The predicted molar refractivity (Wildman–Crippen MR) is 32.2 cm³/mol. The van der Waals surface area contributed by atoms with Crippen LogP contribution >= 0.6 is 0 Å². The number of hydrogen-bond acceptors (Lipinski definition) is 6. The summed E-state index contributed by atoms with van der Waals surface area (Å²) < 4.78 is 42.1. The molecule has 0 aliphatic rings. The summed E-state index contributed by atoms with van der Waals surface area (Å²) in [5.41, 5.74) is 0. The Kier molecular flexibility index (Phi) is 5.21. The van der Waals surface area contributed by atoms with Gasteiger partial charge >= 0.3 is 13.5 Å². The smallest absolute Gasteiger partial charge is 0.429 e. The molecular formula is C4H2BF3N2O4. The standard InChI is InChI=1S/C4H2BF3N2O4/c6-4(7,8)1-13-14-5(11-2-9)12-3-10/h1H2. The Morgan fingerprint density at radius 3 is 2.00 bits per heavy atom. The van der Waals surface area contributed by atoms with Crippen molar-refractivity contribution in [3.8, 4) is 12.5 Å². The van der Waals surface area contributed by atoms with Crippen molar-refractivity contribution >= 4 is 7.32 Å². The van der Waals surface area contributed by atoms with Crippen molar-refractivity contribution in [2.45, 2.75) is 6.18 Å². The molecule has 0 aliphatic carbocycles.